The van der Waals surface area contributed by atoms with Crippen LogP contribution in [0.2, 0.25) is 0 Å². The minimum atomic E-state index is -2.96. The van der Waals surface area contributed by atoms with E-state index in [1.165, 1.54) is 25.7 Å². The highest BCUT2D eigenvalue weighted by Crippen LogP contribution is 2.52. The highest BCUT2D eigenvalue weighted by molar-refractivity contribution is 7.92. The molecule has 0 aliphatic heterocycles. The molecule has 120 valence electrons. The van der Waals surface area contributed by atoms with Gasteiger partial charge in [-0.25, -0.2) is 8.42 Å². The van der Waals surface area contributed by atoms with Gasteiger partial charge in [0.05, 0.1) is 10.5 Å². The lowest BCUT2D eigenvalue weighted by atomic mass is 9.89. The molecule has 20 heavy (non-hydrogen) atoms. The molecule has 0 aromatic carbocycles. The van der Waals surface area contributed by atoms with E-state index in [2.05, 4.69) is 20.8 Å². The fraction of sp³-hybridized carbons (Fsp3) is 1.00. The van der Waals surface area contributed by atoms with Gasteiger partial charge in [-0.1, -0.05) is 40.0 Å². The summed E-state index contributed by atoms with van der Waals surface area (Å²) >= 11 is 0. The van der Waals surface area contributed by atoms with Gasteiger partial charge >= 0.3 is 0 Å². The van der Waals surface area contributed by atoms with Crippen molar-refractivity contribution in [3.8, 4) is 0 Å². The minimum Gasteiger partial charge on any atom is -0.228 e. The summed E-state index contributed by atoms with van der Waals surface area (Å²) in [5.74, 6) is 0.406. The normalized spacial score (nSPS) is 19.1. The van der Waals surface area contributed by atoms with Gasteiger partial charge in [-0.15, -0.1) is 0 Å². The van der Waals surface area contributed by atoms with Crippen molar-refractivity contribution in [1.29, 1.82) is 0 Å². The Labute approximate surface area is 126 Å². The van der Waals surface area contributed by atoms with Crippen molar-refractivity contribution in [2.75, 3.05) is 5.75 Å². The van der Waals surface area contributed by atoms with E-state index in [9.17, 15) is 8.42 Å². The van der Waals surface area contributed by atoms with Gasteiger partial charge in [-0.3, -0.25) is 0 Å². The highest BCUT2D eigenvalue weighted by Gasteiger charge is 2.47. The predicted molar refractivity (Wildman–Crippen MR) is 87.7 cm³/mol. The van der Waals surface area contributed by atoms with Crippen LogP contribution in [-0.4, -0.2) is 18.9 Å². The second-order valence-electron chi connectivity index (χ2n) is 8.99. The van der Waals surface area contributed by atoms with Crippen LogP contribution in [0.4, 0.5) is 0 Å². The molecule has 1 aliphatic rings. The van der Waals surface area contributed by atoms with Crippen molar-refractivity contribution < 1.29 is 8.42 Å². The van der Waals surface area contributed by atoms with Gasteiger partial charge in [-0.2, -0.15) is 0 Å². The van der Waals surface area contributed by atoms with Crippen molar-refractivity contribution in [3.63, 3.8) is 0 Å². The molecular formula is C17H34O2S. The van der Waals surface area contributed by atoms with Crippen LogP contribution in [0.15, 0.2) is 0 Å². The van der Waals surface area contributed by atoms with E-state index < -0.39 is 14.6 Å². The lowest BCUT2D eigenvalue weighted by Gasteiger charge is -2.24. The van der Waals surface area contributed by atoms with Gasteiger partial charge < -0.3 is 0 Å². The summed E-state index contributed by atoms with van der Waals surface area (Å²) in [5, 5.41) is 0. The molecule has 0 aromatic heterocycles. The third-order valence-corrected chi connectivity index (χ3v) is 7.38. The van der Waals surface area contributed by atoms with Gasteiger partial charge in [0.1, 0.15) is 0 Å². The number of sulfone groups is 1. The SMILES string of the molecule is CC(C)(C)CCCCCC1(CS(=O)(=O)C(C)(C)C)CC1. The van der Waals surface area contributed by atoms with Crippen molar-refractivity contribution >= 4 is 9.84 Å². The first-order valence-electron chi connectivity index (χ1n) is 8.09. The first-order chi connectivity index (χ1) is 8.87. The zero-order valence-corrected chi connectivity index (χ0v) is 15.2. The summed E-state index contributed by atoms with van der Waals surface area (Å²) in [6.07, 6.45) is 8.30. The summed E-state index contributed by atoms with van der Waals surface area (Å²) < 4.78 is 24.1. The lowest BCUT2D eigenvalue weighted by molar-refractivity contribution is 0.351. The molecule has 0 aromatic rings. The quantitative estimate of drug-likeness (QED) is 0.622. The van der Waals surface area contributed by atoms with E-state index in [0.717, 1.165) is 19.3 Å². The minimum absolute atomic E-state index is 0.133. The Hall–Kier alpha value is -0.0500. The van der Waals surface area contributed by atoms with Gasteiger partial charge in [0.15, 0.2) is 9.84 Å². The predicted octanol–water partition coefficient (Wildman–Crippen LogP) is 4.98. The Bertz CT molecular complexity index is 403. The fourth-order valence-corrected chi connectivity index (χ4v) is 4.27. The molecule has 0 amide bonds. The van der Waals surface area contributed by atoms with E-state index in [4.69, 9.17) is 0 Å². The molecule has 0 radical (unpaired) electrons. The molecule has 0 spiro atoms. The van der Waals surface area contributed by atoms with E-state index in [1.807, 2.05) is 20.8 Å². The summed E-state index contributed by atoms with van der Waals surface area (Å²) in [5.41, 5.74) is 0.556. The third-order valence-electron chi connectivity index (χ3n) is 4.52. The molecule has 0 N–H and O–H groups in total. The monoisotopic (exact) mass is 302 g/mol. The molecule has 0 saturated heterocycles. The molecule has 1 fully saturated rings. The van der Waals surface area contributed by atoms with Crippen LogP contribution in [-0.2, 0) is 9.84 Å². The molecule has 3 heteroatoms. The first kappa shape index (κ1) is 18.0. The van der Waals surface area contributed by atoms with Crippen LogP contribution < -0.4 is 0 Å². The first-order valence-corrected chi connectivity index (χ1v) is 9.75. The number of hydrogen-bond acceptors (Lipinski definition) is 2. The Morgan fingerprint density at radius 2 is 1.45 bits per heavy atom. The zero-order valence-electron chi connectivity index (χ0n) is 14.4. The van der Waals surface area contributed by atoms with Crippen LogP contribution >= 0.6 is 0 Å². The van der Waals surface area contributed by atoms with Gasteiger partial charge in [0, 0.05) is 0 Å². The maximum Gasteiger partial charge on any atom is 0.155 e. The van der Waals surface area contributed by atoms with Gasteiger partial charge in [-0.05, 0) is 57.3 Å². The van der Waals surface area contributed by atoms with Gasteiger partial charge in [0.25, 0.3) is 0 Å². The molecule has 0 atom stereocenters. The van der Waals surface area contributed by atoms with Crippen molar-refractivity contribution in [2.24, 2.45) is 10.8 Å². The summed E-state index contributed by atoms with van der Waals surface area (Å²) in [6, 6.07) is 0. The number of rotatable bonds is 7. The van der Waals surface area contributed by atoms with Crippen molar-refractivity contribution in [1.82, 2.24) is 0 Å². The van der Waals surface area contributed by atoms with Crippen LogP contribution in [0.3, 0.4) is 0 Å². The van der Waals surface area contributed by atoms with Crippen LogP contribution in [0.25, 0.3) is 0 Å². The molecular weight excluding hydrogens is 268 g/mol. The standard InChI is InChI=1S/C17H34O2S/c1-15(2,3)10-8-7-9-11-17(12-13-17)14-20(18,19)16(4,5)6/h7-14H2,1-6H3. The van der Waals surface area contributed by atoms with Crippen LogP contribution in [0.1, 0.15) is 86.5 Å². The maximum absolute atomic E-state index is 12.3. The fourth-order valence-electron chi connectivity index (χ4n) is 2.59. The highest BCUT2D eigenvalue weighted by atomic mass is 32.2. The summed E-state index contributed by atoms with van der Waals surface area (Å²) in [6.45, 7) is 12.3. The zero-order chi connectivity index (χ0) is 15.7. The summed E-state index contributed by atoms with van der Waals surface area (Å²) in [4.78, 5) is 0. The smallest absolute Gasteiger partial charge is 0.155 e. The maximum atomic E-state index is 12.3. The molecule has 1 rings (SSSR count). The molecule has 1 saturated carbocycles. The average molecular weight is 303 g/mol. The second-order valence-corrected chi connectivity index (χ2v) is 11.7. The Kier molecular flexibility index (Phi) is 5.38. The molecule has 0 bridgehead atoms. The largest absolute Gasteiger partial charge is 0.228 e. The number of unbranched alkanes of at least 4 members (excludes halogenated alkanes) is 2. The van der Waals surface area contributed by atoms with E-state index in [1.54, 1.807) is 0 Å². The molecule has 2 nitrogen and oxygen atoms in total. The van der Waals surface area contributed by atoms with E-state index in [-0.39, 0.29) is 5.41 Å². The molecule has 0 heterocycles. The topological polar surface area (TPSA) is 34.1 Å². The van der Waals surface area contributed by atoms with Crippen LogP contribution in [0.5, 0.6) is 0 Å². The Balaban J connectivity index is 2.34. The Morgan fingerprint density at radius 1 is 0.900 bits per heavy atom. The van der Waals surface area contributed by atoms with Crippen molar-refractivity contribution in [2.45, 2.75) is 91.2 Å². The summed E-state index contributed by atoms with van der Waals surface area (Å²) in [7, 11) is -2.96. The van der Waals surface area contributed by atoms with E-state index in [0.29, 0.717) is 11.2 Å². The second kappa shape index (κ2) is 5.98. The number of hydrogen-bond donors (Lipinski definition) is 0. The third kappa shape index (κ3) is 5.75. The van der Waals surface area contributed by atoms with Crippen molar-refractivity contribution in [3.05, 3.63) is 0 Å². The molecule has 1 aliphatic carbocycles. The van der Waals surface area contributed by atoms with E-state index >= 15 is 0 Å². The van der Waals surface area contributed by atoms with Gasteiger partial charge in [0.2, 0.25) is 0 Å². The van der Waals surface area contributed by atoms with Crippen LogP contribution in [0, 0.1) is 10.8 Å². The Morgan fingerprint density at radius 3 is 1.85 bits per heavy atom. The average Bonchev–Trinajstić information content (AvgIpc) is 2.93. The molecule has 0 unspecified atom stereocenters. The lowest BCUT2D eigenvalue weighted by Crippen LogP contribution is -2.33.